The van der Waals surface area contributed by atoms with E-state index in [1.807, 2.05) is 24.3 Å². The molecule has 0 N–H and O–H groups in total. The van der Waals surface area contributed by atoms with Gasteiger partial charge in [-0.05, 0) is 47.7 Å². The highest BCUT2D eigenvalue weighted by Gasteiger charge is 2.16. The normalized spacial score (nSPS) is 17.3. The standard InChI is InChI=1S/C23H27NOS/c1-4-6-18-8-9-19-10-11-20(16-23(19)24-22(18)7-5-2)17-12-14-21(15-13-17)26(3)25/h8-16,18H,4-7H2,1-3H3. The number of allylic oxidation sites excluding steroid dienone is 1. The van der Waals surface area contributed by atoms with E-state index in [-0.39, 0.29) is 0 Å². The Hall–Kier alpha value is -2.00. The molecule has 3 heteroatoms. The van der Waals surface area contributed by atoms with Gasteiger partial charge in [0.1, 0.15) is 0 Å². The quantitative estimate of drug-likeness (QED) is 0.582. The van der Waals surface area contributed by atoms with Crippen molar-refractivity contribution in [1.82, 2.24) is 0 Å². The van der Waals surface area contributed by atoms with Crippen LogP contribution in [0.25, 0.3) is 17.2 Å². The van der Waals surface area contributed by atoms with Crippen LogP contribution in [0.2, 0.25) is 0 Å². The molecule has 2 nitrogen and oxygen atoms in total. The van der Waals surface area contributed by atoms with Gasteiger partial charge < -0.3 is 0 Å². The maximum absolute atomic E-state index is 11.6. The Morgan fingerprint density at radius 1 is 1.00 bits per heavy atom. The van der Waals surface area contributed by atoms with E-state index in [1.54, 1.807) is 6.26 Å². The molecule has 0 bridgehead atoms. The molecule has 0 saturated carbocycles. The first-order chi connectivity index (χ1) is 12.6. The van der Waals surface area contributed by atoms with E-state index in [0.29, 0.717) is 5.92 Å². The number of aliphatic imine (C=N–C) groups is 1. The summed E-state index contributed by atoms with van der Waals surface area (Å²) < 4.78 is 11.6. The predicted octanol–water partition coefficient (Wildman–Crippen LogP) is 6.41. The minimum absolute atomic E-state index is 0.453. The molecule has 0 radical (unpaired) electrons. The summed E-state index contributed by atoms with van der Waals surface area (Å²) >= 11 is 0. The lowest BCUT2D eigenvalue weighted by molar-refractivity contribution is 0.687. The maximum atomic E-state index is 11.6. The van der Waals surface area contributed by atoms with Gasteiger partial charge >= 0.3 is 0 Å². The molecule has 0 aromatic heterocycles. The van der Waals surface area contributed by atoms with Crippen molar-refractivity contribution in [3.63, 3.8) is 0 Å². The number of rotatable bonds is 6. The molecule has 0 aliphatic carbocycles. The Labute approximate surface area is 159 Å². The van der Waals surface area contributed by atoms with Crippen LogP contribution < -0.4 is 0 Å². The smallest absolute Gasteiger partial charge is 0.0707 e. The number of fused-ring (bicyclic) bond motifs is 1. The molecule has 0 amide bonds. The molecule has 1 aliphatic rings. The lowest BCUT2D eigenvalue weighted by Crippen LogP contribution is -2.11. The molecule has 2 aromatic rings. The maximum Gasteiger partial charge on any atom is 0.0707 e. The van der Waals surface area contributed by atoms with E-state index in [4.69, 9.17) is 4.99 Å². The fourth-order valence-corrected chi connectivity index (χ4v) is 3.96. The number of benzene rings is 2. The third kappa shape index (κ3) is 4.21. The Morgan fingerprint density at radius 3 is 2.38 bits per heavy atom. The monoisotopic (exact) mass is 365 g/mol. The van der Waals surface area contributed by atoms with Gasteiger partial charge in [-0.1, -0.05) is 63.1 Å². The van der Waals surface area contributed by atoms with Crippen LogP contribution >= 0.6 is 0 Å². The lowest BCUT2D eigenvalue weighted by Gasteiger charge is -2.13. The Bertz CT molecular complexity index is 849. The molecular formula is C23H27NOS. The molecule has 136 valence electrons. The Balaban J connectivity index is 1.98. The van der Waals surface area contributed by atoms with Crippen LogP contribution in [-0.4, -0.2) is 16.2 Å². The van der Waals surface area contributed by atoms with Gasteiger partial charge in [-0.3, -0.25) is 9.20 Å². The van der Waals surface area contributed by atoms with E-state index < -0.39 is 10.8 Å². The van der Waals surface area contributed by atoms with Gasteiger partial charge in [-0.2, -0.15) is 0 Å². The van der Waals surface area contributed by atoms with Crippen LogP contribution in [0.3, 0.4) is 0 Å². The van der Waals surface area contributed by atoms with Gasteiger partial charge in [0.25, 0.3) is 0 Å². The fraction of sp³-hybridized carbons (Fsp3) is 0.348. The van der Waals surface area contributed by atoms with Crippen molar-refractivity contribution in [2.75, 3.05) is 6.26 Å². The van der Waals surface area contributed by atoms with Crippen molar-refractivity contribution >= 4 is 28.3 Å². The highest BCUT2D eigenvalue weighted by atomic mass is 32.2. The van der Waals surface area contributed by atoms with Crippen molar-refractivity contribution in [3.05, 3.63) is 54.1 Å². The molecule has 26 heavy (non-hydrogen) atoms. The molecule has 2 aromatic carbocycles. The lowest BCUT2D eigenvalue weighted by atomic mass is 9.94. The summed E-state index contributed by atoms with van der Waals surface area (Å²) in [4.78, 5) is 5.92. The van der Waals surface area contributed by atoms with E-state index in [9.17, 15) is 4.21 Å². The highest BCUT2D eigenvalue weighted by Crippen LogP contribution is 2.33. The van der Waals surface area contributed by atoms with Crippen LogP contribution in [0.4, 0.5) is 5.69 Å². The summed E-state index contributed by atoms with van der Waals surface area (Å²) in [5, 5.41) is 0. The second-order valence-electron chi connectivity index (χ2n) is 6.86. The third-order valence-electron chi connectivity index (χ3n) is 4.86. The summed E-state index contributed by atoms with van der Waals surface area (Å²) in [5.74, 6) is 0.453. The molecule has 0 fully saturated rings. The van der Waals surface area contributed by atoms with Crippen LogP contribution in [-0.2, 0) is 10.8 Å². The molecule has 1 aliphatic heterocycles. The third-order valence-corrected chi connectivity index (χ3v) is 5.79. The van der Waals surface area contributed by atoms with Gasteiger partial charge in [0.15, 0.2) is 0 Å². The Kier molecular flexibility index (Phi) is 6.20. The van der Waals surface area contributed by atoms with Gasteiger partial charge in [0, 0.05) is 33.6 Å². The van der Waals surface area contributed by atoms with Crippen molar-refractivity contribution in [3.8, 4) is 11.1 Å². The SMILES string of the molecule is CCCC1=Nc2cc(-c3ccc(S(C)=O)cc3)ccc2C=CC1CCC. The van der Waals surface area contributed by atoms with Crippen LogP contribution in [0.15, 0.2) is 58.4 Å². The van der Waals surface area contributed by atoms with Crippen molar-refractivity contribution < 1.29 is 4.21 Å². The van der Waals surface area contributed by atoms with Crippen molar-refractivity contribution in [2.24, 2.45) is 10.9 Å². The summed E-state index contributed by atoms with van der Waals surface area (Å²) in [6.45, 7) is 4.46. The van der Waals surface area contributed by atoms with E-state index in [2.05, 4.69) is 44.2 Å². The van der Waals surface area contributed by atoms with E-state index >= 15 is 0 Å². The van der Waals surface area contributed by atoms with Gasteiger partial charge in [0.2, 0.25) is 0 Å². The van der Waals surface area contributed by atoms with Crippen molar-refractivity contribution in [2.45, 2.75) is 44.4 Å². The van der Waals surface area contributed by atoms with Crippen LogP contribution in [0.1, 0.15) is 45.1 Å². The molecule has 2 atom stereocenters. The van der Waals surface area contributed by atoms with Crippen LogP contribution in [0.5, 0.6) is 0 Å². The zero-order valence-corrected chi connectivity index (χ0v) is 16.7. The molecule has 3 rings (SSSR count). The summed E-state index contributed by atoms with van der Waals surface area (Å²) in [5.41, 5.74) is 5.83. The number of hydrogen-bond donors (Lipinski definition) is 0. The predicted molar refractivity (Wildman–Crippen MR) is 114 cm³/mol. The summed E-state index contributed by atoms with van der Waals surface area (Å²) in [7, 11) is -0.942. The van der Waals surface area contributed by atoms with Crippen LogP contribution in [0, 0.1) is 5.92 Å². The second kappa shape index (κ2) is 8.59. The molecule has 0 spiro atoms. The minimum atomic E-state index is -0.942. The average Bonchev–Trinajstić information content (AvgIpc) is 2.81. The first-order valence-corrected chi connectivity index (χ1v) is 11.0. The topological polar surface area (TPSA) is 29.4 Å². The summed E-state index contributed by atoms with van der Waals surface area (Å²) in [6, 6.07) is 14.5. The summed E-state index contributed by atoms with van der Waals surface area (Å²) in [6.07, 6.45) is 10.8. The molecule has 2 unspecified atom stereocenters. The largest absolute Gasteiger partial charge is 0.257 e. The van der Waals surface area contributed by atoms with Gasteiger partial charge in [0.05, 0.1) is 5.69 Å². The Morgan fingerprint density at radius 2 is 1.73 bits per heavy atom. The number of hydrogen-bond acceptors (Lipinski definition) is 2. The number of nitrogens with zero attached hydrogens (tertiary/aromatic N) is 1. The van der Waals surface area contributed by atoms with Crippen molar-refractivity contribution in [1.29, 1.82) is 0 Å². The molecule has 1 heterocycles. The average molecular weight is 366 g/mol. The highest BCUT2D eigenvalue weighted by molar-refractivity contribution is 7.84. The zero-order chi connectivity index (χ0) is 18.5. The first kappa shape index (κ1) is 18.8. The van der Waals surface area contributed by atoms with Gasteiger partial charge in [-0.15, -0.1) is 0 Å². The first-order valence-electron chi connectivity index (χ1n) is 9.46. The second-order valence-corrected chi connectivity index (χ2v) is 8.24. The molecule has 0 saturated heterocycles. The molecular weight excluding hydrogens is 338 g/mol. The van der Waals surface area contributed by atoms with E-state index in [0.717, 1.165) is 41.0 Å². The van der Waals surface area contributed by atoms with E-state index in [1.165, 1.54) is 17.7 Å². The fourth-order valence-electron chi connectivity index (χ4n) is 3.44. The van der Waals surface area contributed by atoms with Gasteiger partial charge in [-0.25, -0.2) is 0 Å². The minimum Gasteiger partial charge on any atom is -0.257 e. The zero-order valence-electron chi connectivity index (χ0n) is 15.9.